The number of aromatic nitrogens is 1. The molecule has 3 aromatic rings. The second-order valence-corrected chi connectivity index (χ2v) is 6.78. The van der Waals surface area contributed by atoms with Gasteiger partial charge in [-0.25, -0.2) is 9.37 Å². The van der Waals surface area contributed by atoms with Crippen molar-refractivity contribution in [3.63, 3.8) is 0 Å². The minimum atomic E-state index is -0.249. The number of rotatable bonds is 6. The van der Waals surface area contributed by atoms with Crippen LogP contribution < -0.4 is 5.32 Å². The van der Waals surface area contributed by atoms with Gasteiger partial charge in [0.1, 0.15) is 5.82 Å². The zero-order chi connectivity index (χ0) is 18.5. The molecular weight excluding hydrogens is 349 g/mol. The molecular formula is C21H21ClFN3. The van der Waals surface area contributed by atoms with Crippen molar-refractivity contribution in [1.29, 1.82) is 0 Å². The number of halogens is 2. The molecule has 1 N–H and O–H groups in total. The summed E-state index contributed by atoms with van der Waals surface area (Å²) in [4.78, 5) is 6.76. The molecule has 0 amide bonds. The van der Waals surface area contributed by atoms with Gasteiger partial charge >= 0.3 is 0 Å². The molecule has 0 aliphatic rings. The topological polar surface area (TPSA) is 28.2 Å². The third-order valence-electron chi connectivity index (χ3n) is 4.00. The Morgan fingerprint density at radius 2 is 1.92 bits per heavy atom. The van der Waals surface area contributed by atoms with Crippen molar-refractivity contribution in [2.45, 2.75) is 0 Å². The van der Waals surface area contributed by atoms with E-state index in [9.17, 15) is 4.39 Å². The average Bonchev–Trinajstić information content (AvgIpc) is 2.61. The van der Waals surface area contributed by atoms with E-state index in [0.29, 0.717) is 10.6 Å². The highest BCUT2D eigenvalue weighted by Gasteiger charge is 2.06. The van der Waals surface area contributed by atoms with Crippen LogP contribution in [-0.2, 0) is 0 Å². The zero-order valence-electron chi connectivity index (χ0n) is 14.8. The van der Waals surface area contributed by atoms with Gasteiger partial charge in [0.2, 0.25) is 0 Å². The van der Waals surface area contributed by atoms with Crippen LogP contribution in [-0.4, -0.2) is 37.1 Å². The zero-order valence-corrected chi connectivity index (χ0v) is 15.6. The Hall–Kier alpha value is -2.43. The highest BCUT2D eigenvalue weighted by molar-refractivity contribution is 6.31. The van der Waals surface area contributed by atoms with E-state index in [4.69, 9.17) is 11.6 Å². The molecule has 3 rings (SSSR count). The number of hydrogen-bond acceptors (Lipinski definition) is 3. The van der Waals surface area contributed by atoms with Crippen LogP contribution in [0.1, 0.15) is 11.3 Å². The summed E-state index contributed by atoms with van der Waals surface area (Å²) in [5.41, 5.74) is 3.10. The highest BCUT2D eigenvalue weighted by Crippen LogP contribution is 2.27. The van der Waals surface area contributed by atoms with Gasteiger partial charge in [-0.1, -0.05) is 29.8 Å². The predicted octanol–water partition coefficient (Wildman–Crippen LogP) is 5.17. The van der Waals surface area contributed by atoms with Crippen LogP contribution in [0, 0.1) is 5.82 Å². The van der Waals surface area contributed by atoms with Crippen molar-refractivity contribution in [3.05, 3.63) is 70.6 Å². The lowest BCUT2D eigenvalue weighted by molar-refractivity contribution is 0.425. The van der Waals surface area contributed by atoms with E-state index in [-0.39, 0.29) is 5.82 Å². The standard InChI is InChI=1S/C21H21ClFN3/c1-26(2)12-11-24-21-14-17(9-7-15-5-3-4-6-19(15)23)25-20-10-8-16(22)13-18(20)21/h3-10,13-14H,11-12H2,1-2H3,(H,24,25)/b9-7+. The molecule has 3 nitrogen and oxygen atoms in total. The number of pyridine rings is 1. The Morgan fingerprint density at radius 3 is 2.69 bits per heavy atom. The van der Waals surface area contributed by atoms with Crippen LogP contribution in [0.2, 0.25) is 5.02 Å². The molecule has 0 fully saturated rings. The second-order valence-electron chi connectivity index (χ2n) is 6.34. The number of likely N-dealkylation sites (N-methyl/N-ethyl adjacent to an activating group) is 1. The smallest absolute Gasteiger partial charge is 0.130 e. The van der Waals surface area contributed by atoms with Gasteiger partial charge in [-0.2, -0.15) is 0 Å². The number of hydrogen-bond donors (Lipinski definition) is 1. The van der Waals surface area contributed by atoms with Gasteiger partial charge in [-0.15, -0.1) is 0 Å². The molecule has 0 spiro atoms. The third kappa shape index (κ3) is 4.59. The lowest BCUT2D eigenvalue weighted by atomic mass is 10.1. The molecule has 0 saturated carbocycles. The summed E-state index contributed by atoms with van der Waals surface area (Å²) >= 11 is 6.15. The Kier molecular flexibility index (Phi) is 5.86. The SMILES string of the molecule is CN(C)CCNc1cc(/C=C/c2ccccc2F)nc2ccc(Cl)cc12. The first-order valence-electron chi connectivity index (χ1n) is 8.44. The Balaban J connectivity index is 1.95. The van der Waals surface area contributed by atoms with E-state index < -0.39 is 0 Å². The maximum Gasteiger partial charge on any atom is 0.130 e. The van der Waals surface area contributed by atoms with Gasteiger partial charge in [-0.3, -0.25) is 0 Å². The first-order chi connectivity index (χ1) is 12.5. The monoisotopic (exact) mass is 369 g/mol. The summed E-state index contributed by atoms with van der Waals surface area (Å²) in [6.07, 6.45) is 3.56. The minimum absolute atomic E-state index is 0.249. The molecule has 0 aliphatic heterocycles. The molecule has 1 heterocycles. The summed E-state index contributed by atoms with van der Waals surface area (Å²) in [5, 5.41) is 5.09. The fourth-order valence-electron chi connectivity index (χ4n) is 2.65. The molecule has 5 heteroatoms. The molecule has 0 saturated heterocycles. The van der Waals surface area contributed by atoms with Gasteiger partial charge in [0.05, 0.1) is 11.2 Å². The van der Waals surface area contributed by atoms with Crippen LogP contribution in [0.15, 0.2) is 48.5 Å². The van der Waals surface area contributed by atoms with Gasteiger partial charge < -0.3 is 10.2 Å². The second kappa shape index (κ2) is 8.30. The molecule has 134 valence electrons. The van der Waals surface area contributed by atoms with Crippen LogP contribution >= 0.6 is 11.6 Å². The first-order valence-corrected chi connectivity index (χ1v) is 8.82. The summed E-state index contributed by atoms with van der Waals surface area (Å²) in [7, 11) is 4.07. The quantitative estimate of drug-likeness (QED) is 0.649. The number of anilines is 1. The van der Waals surface area contributed by atoms with Crippen molar-refractivity contribution in [2.75, 3.05) is 32.5 Å². The number of benzene rings is 2. The molecule has 0 unspecified atom stereocenters. The molecule has 26 heavy (non-hydrogen) atoms. The van der Waals surface area contributed by atoms with Crippen molar-refractivity contribution in [2.24, 2.45) is 0 Å². The number of nitrogens with one attached hydrogen (secondary N) is 1. The molecule has 1 aromatic heterocycles. The lowest BCUT2D eigenvalue weighted by Crippen LogP contribution is -2.20. The molecule has 0 aliphatic carbocycles. The van der Waals surface area contributed by atoms with Crippen LogP contribution in [0.25, 0.3) is 23.1 Å². The number of fused-ring (bicyclic) bond motifs is 1. The third-order valence-corrected chi connectivity index (χ3v) is 4.24. The fraction of sp³-hybridized carbons (Fsp3) is 0.190. The summed E-state index contributed by atoms with van der Waals surface area (Å²) in [5.74, 6) is -0.249. The Labute approximate surface area is 158 Å². The minimum Gasteiger partial charge on any atom is -0.383 e. The lowest BCUT2D eigenvalue weighted by Gasteiger charge is -2.14. The molecule has 0 atom stereocenters. The largest absolute Gasteiger partial charge is 0.383 e. The van der Waals surface area contributed by atoms with Crippen LogP contribution in [0.3, 0.4) is 0 Å². The maximum atomic E-state index is 13.8. The van der Waals surface area contributed by atoms with Crippen molar-refractivity contribution >= 4 is 40.3 Å². The fourth-order valence-corrected chi connectivity index (χ4v) is 2.82. The van der Waals surface area contributed by atoms with E-state index >= 15 is 0 Å². The van der Waals surface area contributed by atoms with Gasteiger partial charge in [0.25, 0.3) is 0 Å². The van der Waals surface area contributed by atoms with E-state index in [1.54, 1.807) is 18.2 Å². The van der Waals surface area contributed by atoms with Gasteiger partial charge in [-0.05, 0) is 56.6 Å². The molecule has 2 aromatic carbocycles. The van der Waals surface area contributed by atoms with Gasteiger partial charge in [0.15, 0.2) is 0 Å². The Morgan fingerprint density at radius 1 is 1.12 bits per heavy atom. The summed E-state index contributed by atoms with van der Waals surface area (Å²) in [6, 6.07) is 14.3. The van der Waals surface area contributed by atoms with Crippen molar-refractivity contribution < 1.29 is 4.39 Å². The van der Waals surface area contributed by atoms with Crippen LogP contribution in [0.4, 0.5) is 10.1 Å². The molecule has 0 radical (unpaired) electrons. The van der Waals surface area contributed by atoms with Crippen LogP contribution in [0.5, 0.6) is 0 Å². The normalized spacial score (nSPS) is 11.6. The van der Waals surface area contributed by atoms with Crippen molar-refractivity contribution in [1.82, 2.24) is 9.88 Å². The summed E-state index contributed by atoms with van der Waals surface area (Å²) < 4.78 is 13.8. The predicted molar refractivity (Wildman–Crippen MR) is 109 cm³/mol. The number of nitrogens with zero attached hydrogens (tertiary/aromatic N) is 2. The van der Waals surface area contributed by atoms with Gasteiger partial charge in [0, 0.05) is 34.7 Å². The summed E-state index contributed by atoms with van der Waals surface area (Å²) in [6.45, 7) is 1.71. The molecule has 0 bridgehead atoms. The average molecular weight is 370 g/mol. The van der Waals surface area contributed by atoms with E-state index in [0.717, 1.165) is 35.4 Å². The Bertz CT molecular complexity index is 938. The highest BCUT2D eigenvalue weighted by atomic mass is 35.5. The van der Waals surface area contributed by atoms with E-state index in [1.807, 2.05) is 50.5 Å². The van der Waals surface area contributed by atoms with E-state index in [1.165, 1.54) is 6.07 Å². The van der Waals surface area contributed by atoms with E-state index in [2.05, 4.69) is 15.2 Å². The first kappa shape index (κ1) is 18.4. The maximum absolute atomic E-state index is 13.8. The van der Waals surface area contributed by atoms with Crippen molar-refractivity contribution in [3.8, 4) is 0 Å².